The maximum absolute atomic E-state index is 12.8. The fraction of sp³-hybridized carbons (Fsp3) is 0.273. The first-order valence-corrected chi connectivity index (χ1v) is 9.32. The van der Waals surface area contributed by atoms with E-state index in [1.54, 1.807) is 24.3 Å². The number of pyridine rings is 1. The van der Waals surface area contributed by atoms with Crippen LogP contribution in [0.5, 0.6) is 11.5 Å². The minimum absolute atomic E-state index is 0.0276. The topological polar surface area (TPSA) is 80.4 Å². The van der Waals surface area contributed by atoms with E-state index in [-0.39, 0.29) is 11.5 Å². The Hall–Kier alpha value is -3.28. The first-order chi connectivity index (χ1) is 13.6. The van der Waals surface area contributed by atoms with Gasteiger partial charge in [-0.3, -0.25) is 9.59 Å². The molecule has 0 radical (unpaired) electrons. The number of anilines is 1. The zero-order valence-corrected chi connectivity index (χ0v) is 15.9. The molecule has 0 saturated carbocycles. The second-order valence-electron chi connectivity index (χ2n) is 6.87. The van der Waals surface area contributed by atoms with E-state index in [2.05, 4.69) is 10.3 Å². The molecule has 0 fully saturated rings. The highest BCUT2D eigenvalue weighted by molar-refractivity contribution is 6.07. The maximum Gasteiger partial charge on any atom is 0.259 e. The predicted octanol–water partition coefficient (Wildman–Crippen LogP) is 3.68. The molecule has 6 nitrogen and oxygen atoms in total. The highest BCUT2D eigenvalue weighted by atomic mass is 16.5. The average Bonchev–Trinajstić information content (AvgIpc) is 2.73. The first kappa shape index (κ1) is 18.1. The molecule has 3 aromatic rings. The van der Waals surface area contributed by atoms with Gasteiger partial charge in [0, 0.05) is 16.6 Å². The fourth-order valence-corrected chi connectivity index (χ4v) is 3.90. The number of carbonyl (C=O) groups is 1. The van der Waals surface area contributed by atoms with Gasteiger partial charge in [-0.15, -0.1) is 0 Å². The number of H-pyrrole nitrogens is 1. The standard InChI is InChI=1S/C22H22N2O4/c1-27-19-9-5-8-17(20(19)28-2)22(26)23-13-10-11-15-14-6-3-4-7-16(14)21(25)24-18(15)12-13/h5,8-12H,3-4,6-7H2,1-2H3,(H,23,26)(H,24,25). The van der Waals surface area contributed by atoms with E-state index in [0.29, 0.717) is 22.7 Å². The Labute approximate surface area is 162 Å². The fourth-order valence-electron chi connectivity index (χ4n) is 3.90. The molecule has 0 aliphatic heterocycles. The van der Waals surface area contributed by atoms with Crippen molar-refractivity contribution >= 4 is 22.5 Å². The van der Waals surface area contributed by atoms with Crippen LogP contribution in [0, 0.1) is 0 Å². The Bertz CT molecular complexity index is 1120. The number of amides is 1. The lowest BCUT2D eigenvalue weighted by molar-refractivity contribution is 0.102. The molecule has 2 aromatic carbocycles. The number of fused-ring (bicyclic) bond motifs is 3. The lowest BCUT2D eigenvalue weighted by Crippen LogP contribution is -2.19. The molecule has 6 heteroatoms. The van der Waals surface area contributed by atoms with Gasteiger partial charge in [0.25, 0.3) is 11.5 Å². The van der Waals surface area contributed by atoms with Crippen LogP contribution < -0.4 is 20.3 Å². The molecule has 1 heterocycles. The van der Waals surface area contributed by atoms with Gasteiger partial charge < -0.3 is 19.8 Å². The molecular formula is C22H22N2O4. The number of ether oxygens (including phenoxy) is 2. The van der Waals surface area contributed by atoms with Gasteiger partial charge in [0.05, 0.1) is 25.3 Å². The van der Waals surface area contributed by atoms with E-state index >= 15 is 0 Å². The lowest BCUT2D eigenvalue weighted by atomic mass is 9.90. The molecule has 1 amide bonds. The van der Waals surface area contributed by atoms with Crippen molar-refractivity contribution in [2.75, 3.05) is 19.5 Å². The minimum atomic E-state index is -0.310. The number of aromatic nitrogens is 1. The molecule has 2 N–H and O–H groups in total. The molecule has 144 valence electrons. The van der Waals surface area contributed by atoms with Crippen molar-refractivity contribution < 1.29 is 14.3 Å². The summed E-state index contributed by atoms with van der Waals surface area (Å²) >= 11 is 0. The van der Waals surface area contributed by atoms with E-state index < -0.39 is 0 Å². The van der Waals surface area contributed by atoms with Crippen LogP contribution in [0.25, 0.3) is 10.9 Å². The van der Waals surface area contributed by atoms with Gasteiger partial charge in [0.2, 0.25) is 0 Å². The Morgan fingerprint density at radius 3 is 2.57 bits per heavy atom. The van der Waals surface area contributed by atoms with Crippen LogP contribution in [0.4, 0.5) is 5.69 Å². The van der Waals surface area contributed by atoms with Gasteiger partial charge in [0.15, 0.2) is 11.5 Å². The maximum atomic E-state index is 12.8. The summed E-state index contributed by atoms with van der Waals surface area (Å²) in [5.74, 6) is 0.561. The Morgan fingerprint density at radius 1 is 1.04 bits per heavy atom. The van der Waals surface area contributed by atoms with E-state index in [0.717, 1.165) is 47.7 Å². The number of para-hydroxylation sites is 1. The zero-order chi connectivity index (χ0) is 19.7. The quantitative estimate of drug-likeness (QED) is 0.726. The van der Waals surface area contributed by atoms with Crippen molar-refractivity contribution in [1.82, 2.24) is 4.98 Å². The number of benzene rings is 2. The third-order valence-corrected chi connectivity index (χ3v) is 5.24. The van der Waals surface area contributed by atoms with E-state index in [1.165, 1.54) is 14.2 Å². The summed E-state index contributed by atoms with van der Waals surface area (Å²) < 4.78 is 10.6. The largest absolute Gasteiger partial charge is 0.493 e. The molecule has 1 aliphatic carbocycles. The smallest absolute Gasteiger partial charge is 0.259 e. The summed E-state index contributed by atoms with van der Waals surface area (Å²) in [6, 6.07) is 10.8. The predicted molar refractivity (Wildman–Crippen MR) is 109 cm³/mol. The summed E-state index contributed by atoms with van der Waals surface area (Å²) in [7, 11) is 3.03. The second-order valence-corrected chi connectivity index (χ2v) is 6.87. The molecule has 0 spiro atoms. The molecule has 28 heavy (non-hydrogen) atoms. The van der Waals surface area contributed by atoms with Crippen LogP contribution in [0.2, 0.25) is 0 Å². The number of methoxy groups -OCH3 is 2. The van der Waals surface area contributed by atoms with Crippen molar-refractivity contribution in [2.45, 2.75) is 25.7 Å². The van der Waals surface area contributed by atoms with Crippen molar-refractivity contribution in [3.8, 4) is 11.5 Å². The number of hydrogen-bond acceptors (Lipinski definition) is 4. The number of hydrogen-bond donors (Lipinski definition) is 2. The number of nitrogens with one attached hydrogen (secondary N) is 2. The molecule has 1 aromatic heterocycles. The van der Waals surface area contributed by atoms with Crippen molar-refractivity contribution in [3.63, 3.8) is 0 Å². The lowest BCUT2D eigenvalue weighted by Gasteiger charge is -2.17. The molecular weight excluding hydrogens is 356 g/mol. The molecule has 4 rings (SSSR count). The summed E-state index contributed by atoms with van der Waals surface area (Å²) in [5.41, 5.74) is 3.73. The van der Waals surface area contributed by atoms with Crippen LogP contribution in [-0.2, 0) is 12.8 Å². The first-order valence-electron chi connectivity index (χ1n) is 9.32. The van der Waals surface area contributed by atoms with Crippen molar-refractivity contribution in [2.24, 2.45) is 0 Å². The average molecular weight is 378 g/mol. The highest BCUT2D eigenvalue weighted by Gasteiger charge is 2.18. The highest BCUT2D eigenvalue weighted by Crippen LogP contribution is 2.32. The molecule has 1 aliphatic rings. The molecule has 0 unspecified atom stereocenters. The minimum Gasteiger partial charge on any atom is -0.493 e. The number of aryl methyl sites for hydroxylation is 1. The van der Waals surface area contributed by atoms with Crippen molar-refractivity contribution in [1.29, 1.82) is 0 Å². The Kier molecular flexibility index (Phi) is 4.77. The van der Waals surface area contributed by atoms with Crippen LogP contribution >= 0.6 is 0 Å². The Balaban J connectivity index is 1.69. The molecule has 0 atom stereocenters. The van der Waals surface area contributed by atoms with Crippen LogP contribution in [0.1, 0.15) is 34.3 Å². The third-order valence-electron chi connectivity index (χ3n) is 5.24. The summed E-state index contributed by atoms with van der Waals surface area (Å²) in [6.45, 7) is 0. The van der Waals surface area contributed by atoms with Gasteiger partial charge in [-0.2, -0.15) is 0 Å². The van der Waals surface area contributed by atoms with Crippen LogP contribution in [0.15, 0.2) is 41.2 Å². The van der Waals surface area contributed by atoms with Gasteiger partial charge in [0.1, 0.15) is 0 Å². The number of aromatic amines is 1. The normalized spacial score (nSPS) is 13.1. The monoisotopic (exact) mass is 378 g/mol. The van der Waals surface area contributed by atoms with Crippen LogP contribution in [0.3, 0.4) is 0 Å². The van der Waals surface area contributed by atoms with Gasteiger partial charge in [-0.1, -0.05) is 12.1 Å². The molecule has 0 saturated heterocycles. The third kappa shape index (κ3) is 3.11. The second kappa shape index (κ2) is 7.38. The number of rotatable bonds is 4. The van der Waals surface area contributed by atoms with E-state index in [9.17, 15) is 9.59 Å². The number of carbonyl (C=O) groups excluding carboxylic acids is 1. The SMILES string of the molecule is COc1cccc(C(=O)Nc2ccc3c4c(c(=O)[nH]c3c2)CCCC4)c1OC. The summed E-state index contributed by atoms with van der Waals surface area (Å²) in [5, 5.41) is 3.93. The summed E-state index contributed by atoms with van der Waals surface area (Å²) in [4.78, 5) is 28.2. The van der Waals surface area contributed by atoms with Crippen LogP contribution in [-0.4, -0.2) is 25.1 Å². The summed E-state index contributed by atoms with van der Waals surface area (Å²) in [6.07, 6.45) is 3.90. The van der Waals surface area contributed by atoms with Crippen molar-refractivity contribution in [3.05, 3.63) is 63.4 Å². The zero-order valence-electron chi connectivity index (χ0n) is 15.9. The van der Waals surface area contributed by atoms with Gasteiger partial charge in [-0.25, -0.2) is 0 Å². The van der Waals surface area contributed by atoms with E-state index in [1.807, 2.05) is 12.1 Å². The molecule has 0 bridgehead atoms. The van der Waals surface area contributed by atoms with Gasteiger partial charge in [-0.05, 0) is 55.5 Å². The van der Waals surface area contributed by atoms with E-state index in [4.69, 9.17) is 9.47 Å². The Morgan fingerprint density at radius 2 is 1.82 bits per heavy atom. The van der Waals surface area contributed by atoms with Gasteiger partial charge >= 0.3 is 0 Å².